The molecule has 0 aliphatic carbocycles. The molecule has 2 aromatic heterocycles. The van der Waals surface area contributed by atoms with Crippen LogP contribution in [-0.4, -0.2) is 33.0 Å². The molecule has 0 saturated carbocycles. The van der Waals surface area contributed by atoms with Crippen molar-refractivity contribution < 1.29 is 4.39 Å². The molecule has 36 heavy (non-hydrogen) atoms. The standard InChI is InChI=1S/C29H27FN6/c30-21-15-18(16-25-27(21)36-29(34-25)23-4-1-2-12-31-23)7-6-17-8-10-20-19(14-17)9-11-22-26(20)35-28(33-22)24-5-3-13-32-24/h8-11,14-16,23-24,31-32H,1-5,12-13H2,(H,33,35)(H,34,36). The Labute approximate surface area is 208 Å². The topological polar surface area (TPSA) is 81.4 Å². The third-order valence-electron chi connectivity index (χ3n) is 7.43. The van der Waals surface area contributed by atoms with Crippen LogP contribution in [0.15, 0.2) is 42.5 Å². The van der Waals surface area contributed by atoms with Gasteiger partial charge in [-0.05, 0) is 74.5 Å². The summed E-state index contributed by atoms with van der Waals surface area (Å²) in [7, 11) is 0. The van der Waals surface area contributed by atoms with Crippen LogP contribution in [-0.2, 0) is 0 Å². The lowest BCUT2D eigenvalue weighted by molar-refractivity contribution is 0.400. The Bertz CT molecular complexity index is 1660. The first-order valence-electron chi connectivity index (χ1n) is 12.8. The molecule has 2 aliphatic rings. The van der Waals surface area contributed by atoms with Crippen molar-refractivity contribution in [1.29, 1.82) is 0 Å². The Kier molecular flexibility index (Phi) is 5.23. The SMILES string of the molecule is Fc1cc(C#Cc2ccc3c(ccc4[nH]c(C5CCCN5)nc43)c2)cc2[nH]c(C3CCCCN3)nc12. The predicted molar refractivity (Wildman–Crippen MR) is 140 cm³/mol. The maximum absolute atomic E-state index is 14.8. The second kappa shape index (κ2) is 8.74. The van der Waals surface area contributed by atoms with E-state index in [-0.39, 0.29) is 11.9 Å². The zero-order chi connectivity index (χ0) is 24.1. The van der Waals surface area contributed by atoms with E-state index in [0.29, 0.717) is 22.6 Å². The summed E-state index contributed by atoms with van der Waals surface area (Å²) in [6, 6.07) is 14.2. The summed E-state index contributed by atoms with van der Waals surface area (Å²) in [4.78, 5) is 16.2. The lowest BCUT2D eigenvalue weighted by Gasteiger charge is -2.21. The third-order valence-corrected chi connectivity index (χ3v) is 7.43. The first-order chi connectivity index (χ1) is 17.7. The van der Waals surface area contributed by atoms with Gasteiger partial charge in [-0.1, -0.05) is 30.4 Å². The smallest absolute Gasteiger partial charge is 0.152 e. The van der Waals surface area contributed by atoms with Gasteiger partial charge in [0, 0.05) is 16.5 Å². The molecule has 7 rings (SSSR count). The Morgan fingerprint density at radius 1 is 0.722 bits per heavy atom. The van der Waals surface area contributed by atoms with Crippen molar-refractivity contribution >= 4 is 32.8 Å². The van der Waals surface area contributed by atoms with E-state index in [4.69, 9.17) is 4.98 Å². The molecule has 5 aromatic rings. The number of hydrogen-bond acceptors (Lipinski definition) is 4. The van der Waals surface area contributed by atoms with Gasteiger partial charge in [-0.3, -0.25) is 0 Å². The molecule has 2 atom stereocenters. The molecule has 2 fully saturated rings. The quantitative estimate of drug-likeness (QED) is 0.257. The highest BCUT2D eigenvalue weighted by molar-refractivity contribution is 6.04. The van der Waals surface area contributed by atoms with Gasteiger partial charge in [-0.15, -0.1) is 0 Å². The van der Waals surface area contributed by atoms with E-state index in [9.17, 15) is 4.39 Å². The number of halogens is 1. The minimum atomic E-state index is -0.345. The van der Waals surface area contributed by atoms with Crippen molar-refractivity contribution in [3.63, 3.8) is 0 Å². The second-order valence-corrected chi connectivity index (χ2v) is 9.90. The summed E-state index contributed by atoms with van der Waals surface area (Å²) in [5.74, 6) is 7.83. The second-order valence-electron chi connectivity index (χ2n) is 9.90. The van der Waals surface area contributed by atoms with Gasteiger partial charge >= 0.3 is 0 Å². The summed E-state index contributed by atoms with van der Waals surface area (Å²) in [5, 5.41) is 9.17. The molecule has 0 radical (unpaired) electrons. The number of nitrogens with zero attached hydrogens (tertiary/aromatic N) is 2. The average Bonchev–Trinajstić information content (AvgIpc) is 3.67. The van der Waals surface area contributed by atoms with Crippen molar-refractivity contribution in [3.05, 3.63) is 71.1 Å². The van der Waals surface area contributed by atoms with Crippen LogP contribution in [0.2, 0.25) is 0 Å². The Morgan fingerprint density at radius 2 is 1.47 bits per heavy atom. The van der Waals surface area contributed by atoms with Crippen LogP contribution in [0.4, 0.5) is 4.39 Å². The van der Waals surface area contributed by atoms with Crippen molar-refractivity contribution in [2.45, 2.75) is 44.2 Å². The van der Waals surface area contributed by atoms with Gasteiger partial charge in [-0.2, -0.15) is 0 Å². The lowest BCUT2D eigenvalue weighted by atomic mass is 10.0. The van der Waals surface area contributed by atoms with E-state index in [0.717, 1.165) is 71.4 Å². The van der Waals surface area contributed by atoms with Gasteiger partial charge in [0.15, 0.2) is 5.82 Å². The average molecular weight is 479 g/mol. The zero-order valence-electron chi connectivity index (χ0n) is 19.9. The van der Waals surface area contributed by atoms with Crippen molar-refractivity contribution in [1.82, 2.24) is 30.6 Å². The third kappa shape index (κ3) is 3.83. The molecule has 2 unspecified atom stereocenters. The van der Waals surface area contributed by atoms with Crippen LogP contribution in [0, 0.1) is 17.7 Å². The van der Waals surface area contributed by atoms with Gasteiger partial charge in [0.05, 0.1) is 28.6 Å². The fourth-order valence-electron chi connectivity index (χ4n) is 5.54. The van der Waals surface area contributed by atoms with Crippen LogP contribution in [0.1, 0.15) is 67.0 Å². The minimum Gasteiger partial charge on any atom is -0.341 e. The summed E-state index contributed by atoms with van der Waals surface area (Å²) in [5.41, 5.74) is 4.62. The number of nitrogens with one attached hydrogen (secondary N) is 4. The van der Waals surface area contributed by atoms with Crippen LogP contribution in [0.5, 0.6) is 0 Å². The monoisotopic (exact) mass is 478 g/mol. The van der Waals surface area contributed by atoms with Crippen molar-refractivity contribution in [3.8, 4) is 11.8 Å². The number of benzene rings is 3. The number of H-pyrrole nitrogens is 2. The fraction of sp³-hybridized carbons (Fsp3) is 0.310. The first kappa shape index (κ1) is 21.5. The molecule has 4 heterocycles. The lowest BCUT2D eigenvalue weighted by Crippen LogP contribution is -2.27. The molecule has 7 heteroatoms. The van der Waals surface area contributed by atoms with E-state index >= 15 is 0 Å². The highest BCUT2D eigenvalue weighted by atomic mass is 19.1. The molecular weight excluding hydrogens is 451 g/mol. The Hall–Kier alpha value is -3.73. The highest BCUT2D eigenvalue weighted by Gasteiger charge is 2.21. The molecule has 2 aliphatic heterocycles. The van der Waals surface area contributed by atoms with E-state index < -0.39 is 0 Å². The number of fused-ring (bicyclic) bond motifs is 4. The van der Waals surface area contributed by atoms with Gasteiger partial charge < -0.3 is 20.6 Å². The van der Waals surface area contributed by atoms with Gasteiger partial charge in [0.25, 0.3) is 0 Å². The molecular formula is C29H27FN6. The summed E-state index contributed by atoms with van der Waals surface area (Å²) in [6.45, 7) is 2.01. The first-order valence-corrected chi connectivity index (χ1v) is 12.8. The molecule has 6 nitrogen and oxygen atoms in total. The van der Waals surface area contributed by atoms with Crippen molar-refractivity contribution in [2.75, 3.05) is 13.1 Å². The van der Waals surface area contributed by atoms with Gasteiger partial charge in [0.2, 0.25) is 0 Å². The maximum atomic E-state index is 14.8. The summed E-state index contributed by atoms with van der Waals surface area (Å²) < 4.78 is 14.8. The molecule has 0 spiro atoms. The van der Waals surface area contributed by atoms with Crippen molar-refractivity contribution in [2.24, 2.45) is 0 Å². The number of imidazole rings is 2. The normalized spacial score (nSPS) is 20.2. The number of rotatable bonds is 2. The van der Waals surface area contributed by atoms with Gasteiger partial charge in [0.1, 0.15) is 17.2 Å². The Balaban J connectivity index is 1.19. The van der Waals surface area contributed by atoms with E-state index in [1.165, 1.54) is 18.9 Å². The number of piperidine rings is 1. The van der Waals surface area contributed by atoms with E-state index in [1.54, 1.807) is 0 Å². The summed E-state index contributed by atoms with van der Waals surface area (Å²) in [6.07, 6.45) is 5.64. The van der Waals surface area contributed by atoms with Crippen LogP contribution in [0.25, 0.3) is 32.8 Å². The largest absolute Gasteiger partial charge is 0.341 e. The molecule has 4 N–H and O–H groups in total. The predicted octanol–water partition coefficient (Wildman–Crippen LogP) is 5.37. The van der Waals surface area contributed by atoms with Crippen LogP contribution in [0.3, 0.4) is 0 Å². The minimum absolute atomic E-state index is 0.157. The van der Waals surface area contributed by atoms with Gasteiger partial charge in [-0.25, -0.2) is 14.4 Å². The molecule has 3 aromatic carbocycles. The molecule has 180 valence electrons. The maximum Gasteiger partial charge on any atom is 0.152 e. The zero-order valence-corrected chi connectivity index (χ0v) is 19.9. The molecule has 0 amide bonds. The summed E-state index contributed by atoms with van der Waals surface area (Å²) >= 11 is 0. The number of hydrogen-bond donors (Lipinski definition) is 4. The Morgan fingerprint density at radius 3 is 2.28 bits per heavy atom. The fourth-order valence-corrected chi connectivity index (χ4v) is 5.54. The highest BCUT2D eigenvalue weighted by Crippen LogP contribution is 2.29. The number of aromatic nitrogens is 4. The van der Waals surface area contributed by atoms with Crippen LogP contribution >= 0.6 is 0 Å². The molecule has 0 bridgehead atoms. The molecule has 2 saturated heterocycles. The van der Waals surface area contributed by atoms with E-state index in [1.807, 2.05) is 12.1 Å². The van der Waals surface area contributed by atoms with E-state index in [2.05, 4.69) is 61.7 Å². The number of aromatic amines is 2. The van der Waals surface area contributed by atoms with Crippen LogP contribution < -0.4 is 10.6 Å².